The second-order valence-electron chi connectivity index (χ2n) is 8.48. The summed E-state index contributed by atoms with van der Waals surface area (Å²) in [6, 6.07) is 20.3. The Morgan fingerprint density at radius 2 is 1.23 bits per heavy atom. The van der Waals surface area contributed by atoms with E-state index in [1.807, 2.05) is 36.4 Å². The molecular weight excluding hydrogens is 408 g/mol. The number of ether oxygens (including phenoxy) is 2. The number of benzene rings is 2. The molecule has 1 unspecified atom stereocenters. The average Bonchev–Trinajstić information content (AvgIpc) is 2.74. The molecule has 0 aliphatic rings. The molecule has 31 heavy (non-hydrogen) atoms. The van der Waals surface area contributed by atoms with E-state index in [-0.39, 0.29) is 31.2 Å². The third-order valence-corrected chi connectivity index (χ3v) is 7.64. The third-order valence-electron chi connectivity index (χ3n) is 5.06. The first-order valence-corrected chi connectivity index (χ1v) is 12.5. The van der Waals surface area contributed by atoms with Crippen molar-refractivity contribution in [2.24, 2.45) is 11.3 Å². The number of rotatable bonds is 10. The zero-order valence-electron chi connectivity index (χ0n) is 19.2. The molecule has 2 rings (SSSR count). The van der Waals surface area contributed by atoms with E-state index in [1.54, 1.807) is 13.8 Å². The molecule has 0 aromatic heterocycles. The first kappa shape index (κ1) is 24.8. The molecule has 0 aliphatic carbocycles. The van der Waals surface area contributed by atoms with Gasteiger partial charge in [-0.25, -0.2) is 0 Å². The van der Waals surface area contributed by atoms with Crippen LogP contribution < -0.4 is 10.4 Å². The molecule has 0 amide bonds. The molecule has 0 aliphatic heterocycles. The van der Waals surface area contributed by atoms with E-state index in [4.69, 9.17) is 13.9 Å². The summed E-state index contributed by atoms with van der Waals surface area (Å²) < 4.78 is 17.1. The van der Waals surface area contributed by atoms with Crippen molar-refractivity contribution in [3.05, 3.63) is 60.7 Å². The molecule has 1 atom stereocenters. The highest BCUT2D eigenvalue weighted by molar-refractivity contribution is 6.80. The first-order chi connectivity index (χ1) is 14.8. The molecule has 5 nitrogen and oxygen atoms in total. The molecule has 0 heterocycles. The third kappa shape index (κ3) is 7.33. The largest absolute Gasteiger partial charge is 0.465 e. The van der Waals surface area contributed by atoms with Crippen LogP contribution in [0.4, 0.5) is 0 Å². The molecule has 2 aromatic rings. The summed E-state index contributed by atoms with van der Waals surface area (Å²) in [5, 5.41) is 2.29. The molecule has 0 saturated carbocycles. The van der Waals surface area contributed by atoms with Gasteiger partial charge in [-0.3, -0.25) is 9.59 Å². The fourth-order valence-electron chi connectivity index (χ4n) is 3.37. The van der Waals surface area contributed by atoms with Crippen LogP contribution in [0.25, 0.3) is 0 Å². The van der Waals surface area contributed by atoms with Crippen LogP contribution in [-0.4, -0.2) is 40.3 Å². The van der Waals surface area contributed by atoms with Gasteiger partial charge in [-0.2, -0.15) is 0 Å². The Hall–Kier alpha value is -2.44. The lowest BCUT2D eigenvalue weighted by Crippen LogP contribution is -2.50. The van der Waals surface area contributed by atoms with Crippen molar-refractivity contribution in [3.8, 4) is 0 Å². The lowest BCUT2D eigenvalue weighted by molar-refractivity contribution is -0.163. The minimum Gasteiger partial charge on any atom is -0.465 e. The van der Waals surface area contributed by atoms with E-state index >= 15 is 0 Å². The van der Waals surface area contributed by atoms with E-state index in [1.165, 1.54) is 0 Å². The second-order valence-corrected chi connectivity index (χ2v) is 10.9. The average molecular weight is 443 g/mol. The Labute approximate surface area is 187 Å². The van der Waals surface area contributed by atoms with Gasteiger partial charge in [0.25, 0.3) is 0 Å². The van der Waals surface area contributed by atoms with E-state index in [0.717, 1.165) is 10.4 Å². The van der Waals surface area contributed by atoms with Crippen LogP contribution in [0.1, 0.15) is 41.0 Å². The summed E-state index contributed by atoms with van der Waals surface area (Å²) >= 11 is 0. The smallest absolute Gasteiger partial charge is 0.320 e. The Morgan fingerprint density at radius 1 is 0.806 bits per heavy atom. The van der Waals surface area contributed by atoms with Crippen molar-refractivity contribution in [1.29, 1.82) is 0 Å². The summed E-state index contributed by atoms with van der Waals surface area (Å²) in [6.07, 6.45) is -0.131. The van der Waals surface area contributed by atoms with Gasteiger partial charge in [0.05, 0.1) is 19.3 Å². The molecule has 0 radical (unpaired) electrons. The van der Waals surface area contributed by atoms with E-state index in [9.17, 15) is 9.59 Å². The lowest BCUT2D eigenvalue weighted by Gasteiger charge is -2.35. The van der Waals surface area contributed by atoms with Gasteiger partial charge < -0.3 is 13.9 Å². The summed E-state index contributed by atoms with van der Waals surface area (Å²) in [5.41, 5.74) is -0.300. The lowest BCUT2D eigenvalue weighted by atomic mass is 9.83. The summed E-state index contributed by atoms with van der Waals surface area (Å²) in [6.45, 7) is 10.1. The molecule has 0 fully saturated rings. The van der Waals surface area contributed by atoms with Crippen molar-refractivity contribution in [1.82, 2.24) is 0 Å². The van der Waals surface area contributed by atoms with Gasteiger partial charge in [0.2, 0.25) is 9.04 Å². The first-order valence-electron chi connectivity index (χ1n) is 10.9. The minimum atomic E-state index is -2.07. The van der Waals surface area contributed by atoms with Gasteiger partial charge >= 0.3 is 11.9 Å². The van der Waals surface area contributed by atoms with Gasteiger partial charge in [-0.15, -0.1) is 0 Å². The predicted molar refractivity (Wildman–Crippen MR) is 125 cm³/mol. The predicted octanol–water partition coefficient (Wildman–Crippen LogP) is 3.09. The number of carbonyl (C=O) groups excluding carboxylic acids is 2. The number of carbonyl (C=O) groups is 2. The van der Waals surface area contributed by atoms with Crippen LogP contribution in [0.2, 0.25) is 0 Å². The zero-order valence-corrected chi connectivity index (χ0v) is 20.3. The maximum Gasteiger partial charge on any atom is 0.320 e. The normalized spacial score (nSPS) is 12.6. The Balaban J connectivity index is 2.38. The quantitative estimate of drug-likeness (QED) is 0.321. The Morgan fingerprint density at radius 3 is 1.58 bits per heavy atom. The second kappa shape index (κ2) is 11.8. The maximum atomic E-state index is 12.6. The van der Waals surface area contributed by atoms with E-state index < -0.39 is 26.9 Å². The van der Waals surface area contributed by atoms with Crippen LogP contribution in [0.5, 0.6) is 0 Å². The topological polar surface area (TPSA) is 61.8 Å². The number of hydrogen-bond donors (Lipinski definition) is 0. The molecule has 6 heteroatoms. The standard InChI is InChI=1S/C25H34O5Si/c1-6-28-23(26)21(24(27)29-7-2)18-22(25(3,4)5)30-31(19-14-10-8-11-15-19)20-16-12-9-13-17-20/h8-17,21-22,31H,6-7,18H2,1-5H3. The SMILES string of the molecule is CCOC(=O)C(CC(O[SiH](c1ccccc1)c1ccccc1)C(C)(C)C)C(=O)OCC. The number of esters is 2. The van der Waals surface area contributed by atoms with Crippen LogP contribution in [-0.2, 0) is 23.5 Å². The van der Waals surface area contributed by atoms with Crippen LogP contribution in [0.3, 0.4) is 0 Å². The highest BCUT2D eigenvalue weighted by Gasteiger charge is 2.38. The van der Waals surface area contributed by atoms with Crippen LogP contribution in [0, 0.1) is 11.3 Å². The molecule has 0 spiro atoms. The molecule has 168 valence electrons. The Bertz CT molecular complexity index is 759. The fraction of sp³-hybridized carbons (Fsp3) is 0.440. The molecule has 0 saturated heterocycles. The van der Waals surface area contributed by atoms with Crippen molar-refractivity contribution < 1.29 is 23.5 Å². The van der Waals surface area contributed by atoms with E-state index in [0.29, 0.717) is 0 Å². The Kier molecular flexibility index (Phi) is 9.46. The molecule has 0 bridgehead atoms. The highest BCUT2D eigenvalue weighted by atomic mass is 28.3. The van der Waals surface area contributed by atoms with Crippen molar-refractivity contribution in [2.45, 2.75) is 47.1 Å². The number of hydrogen-bond acceptors (Lipinski definition) is 5. The summed E-state index contributed by atoms with van der Waals surface area (Å²) in [5.74, 6) is -2.13. The monoisotopic (exact) mass is 442 g/mol. The van der Waals surface area contributed by atoms with Crippen molar-refractivity contribution in [3.63, 3.8) is 0 Å². The van der Waals surface area contributed by atoms with Crippen LogP contribution in [0.15, 0.2) is 60.7 Å². The summed E-state index contributed by atoms with van der Waals surface area (Å²) in [4.78, 5) is 25.2. The van der Waals surface area contributed by atoms with Crippen molar-refractivity contribution >= 4 is 31.4 Å². The highest BCUT2D eigenvalue weighted by Crippen LogP contribution is 2.29. The summed E-state index contributed by atoms with van der Waals surface area (Å²) in [7, 11) is -2.07. The minimum absolute atomic E-state index is 0.210. The van der Waals surface area contributed by atoms with Crippen molar-refractivity contribution in [2.75, 3.05) is 13.2 Å². The van der Waals surface area contributed by atoms with Gasteiger partial charge in [-0.05, 0) is 36.1 Å². The fourth-order valence-corrected chi connectivity index (χ4v) is 6.06. The molecule has 0 N–H and O–H groups in total. The molecular formula is C25H34O5Si. The van der Waals surface area contributed by atoms with Gasteiger partial charge in [0, 0.05) is 0 Å². The van der Waals surface area contributed by atoms with Gasteiger partial charge in [0.15, 0.2) is 5.92 Å². The zero-order chi connectivity index (χ0) is 22.9. The molecule has 2 aromatic carbocycles. The van der Waals surface area contributed by atoms with E-state index in [2.05, 4.69) is 45.0 Å². The van der Waals surface area contributed by atoms with Gasteiger partial charge in [-0.1, -0.05) is 81.4 Å². The maximum absolute atomic E-state index is 12.6. The van der Waals surface area contributed by atoms with Gasteiger partial charge in [0.1, 0.15) is 0 Å². The van der Waals surface area contributed by atoms with Crippen LogP contribution >= 0.6 is 0 Å².